The smallest absolute Gasteiger partial charge is 0.322 e. The maximum atomic E-state index is 12.2. The Morgan fingerprint density at radius 1 is 1.29 bits per heavy atom. The van der Waals surface area contributed by atoms with E-state index < -0.39 is 22.9 Å². The number of hydrogen-bond acceptors (Lipinski definition) is 3. The number of rotatable bonds is 6. The number of nitrogens with one attached hydrogen (secondary N) is 2. The Balaban J connectivity index is 2.94. The molecule has 1 aromatic carbocycles. The summed E-state index contributed by atoms with van der Waals surface area (Å²) in [5.74, 6) is -0.538. The first-order valence-corrected chi connectivity index (χ1v) is 10.8. The molecule has 9 heteroatoms. The van der Waals surface area contributed by atoms with Gasteiger partial charge in [-0.1, -0.05) is 12.1 Å². The third-order valence-electron chi connectivity index (χ3n) is 2.77. The number of nitrogens with two attached hydrogens (primary N) is 2. The van der Waals surface area contributed by atoms with Gasteiger partial charge >= 0.3 is 5.96 Å². The molecule has 1 aromatic rings. The summed E-state index contributed by atoms with van der Waals surface area (Å²) < 4.78 is 37.4. The first-order valence-electron chi connectivity index (χ1n) is 6.23. The molecular weight excluding hydrogens is 311 g/mol. The van der Waals surface area contributed by atoms with E-state index in [0.717, 1.165) is 17.5 Å². The van der Waals surface area contributed by atoms with Crippen molar-refractivity contribution in [2.45, 2.75) is 12.2 Å². The van der Waals surface area contributed by atoms with Crippen LogP contribution in [0.5, 0.6) is 0 Å². The highest BCUT2D eigenvalue weighted by Crippen LogP contribution is 2.42. The summed E-state index contributed by atoms with van der Waals surface area (Å²) in [6.45, 7) is 3.13. The summed E-state index contributed by atoms with van der Waals surface area (Å²) in [6.07, 6.45) is 1.40. The van der Waals surface area contributed by atoms with Crippen molar-refractivity contribution in [3.63, 3.8) is 0 Å². The van der Waals surface area contributed by atoms with Crippen LogP contribution in [0.15, 0.2) is 24.3 Å². The van der Waals surface area contributed by atoms with Crippen molar-refractivity contribution in [2.75, 3.05) is 19.6 Å². The van der Waals surface area contributed by atoms with Gasteiger partial charge in [0, 0.05) is 0 Å². The zero-order valence-electron chi connectivity index (χ0n) is 12.3. The fourth-order valence-corrected chi connectivity index (χ4v) is 4.57. The fraction of sp³-hybridized carbons (Fsp3) is 0.417. The molecule has 0 aliphatic rings. The predicted octanol–water partition coefficient (Wildman–Crippen LogP) is -1.29. The summed E-state index contributed by atoms with van der Waals surface area (Å²) in [5, 5.41) is 0. The maximum Gasteiger partial charge on any atom is 0.343 e. The van der Waals surface area contributed by atoms with Crippen molar-refractivity contribution in [2.24, 2.45) is 11.5 Å². The lowest BCUT2D eigenvalue weighted by Gasteiger charge is -2.21. The van der Waals surface area contributed by atoms with Gasteiger partial charge in [-0.15, -0.1) is 0 Å². The van der Waals surface area contributed by atoms with Crippen LogP contribution in [-0.4, -0.2) is 39.7 Å². The summed E-state index contributed by atoms with van der Waals surface area (Å²) >= 11 is 0. The minimum atomic E-state index is -3.42. The second-order valence-electron chi connectivity index (χ2n) is 5.32. The molecule has 0 bridgehead atoms. The van der Waals surface area contributed by atoms with E-state index in [1.165, 1.54) is 0 Å². The molecule has 0 saturated heterocycles. The third kappa shape index (κ3) is 6.75. The van der Waals surface area contributed by atoms with Crippen LogP contribution in [0.2, 0.25) is 0 Å². The molecule has 21 heavy (non-hydrogen) atoms. The Kier molecular flexibility index (Phi) is 5.55. The van der Waals surface area contributed by atoms with E-state index in [0.29, 0.717) is 6.42 Å². The molecule has 0 aliphatic carbocycles. The summed E-state index contributed by atoms with van der Waals surface area (Å²) in [4.78, 5) is 2.76. The first kappa shape index (κ1) is 17.7. The van der Waals surface area contributed by atoms with E-state index >= 15 is 0 Å². The van der Waals surface area contributed by atoms with Gasteiger partial charge in [0.15, 0.2) is 0 Å². The Bertz CT molecular complexity index is 660. The van der Waals surface area contributed by atoms with E-state index in [4.69, 9.17) is 11.5 Å². The van der Waals surface area contributed by atoms with Gasteiger partial charge in [-0.05, 0) is 37.4 Å². The SMILES string of the molecule is CP(C)(=O)C(Cc1ccc([NH+]=C(N)N)cc1)NS(C)(=O)=O. The van der Waals surface area contributed by atoms with Crippen molar-refractivity contribution >= 4 is 28.8 Å². The molecule has 6 N–H and O–H groups in total. The first-order chi connectivity index (χ1) is 9.47. The van der Waals surface area contributed by atoms with Crippen molar-refractivity contribution < 1.29 is 18.0 Å². The molecular formula is C12H22N4O3PS+. The minimum absolute atomic E-state index is 0.0889. The van der Waals surface area contributed by atoms with Gasteiger partial charge in [0.05, 0.1) is 24.9 Å². The van der Waals surface area contributed by atoms with Crippen molar-refractivity contribution in [3.05, 3.63) is 29.8 Å². The summed E-state index contributed by atoms with van der Waals surface area (Å²) in [6, 6.07) is 7.14. The van der Waals surface area contributed by atoms with E-state index in [9.17, 15) is 13.0 Å². The molecule has 7 nitrogen and oxygen atoms in total. The molecule has 0 spiro atoms. The minimum Gasteiger partial charge on any atom is -0.322 e. The van der Waals surface area contributed by atoms with Crippen LogP contribution in [-0.2, 0) is 21.0 Å². The lowest BCUT2D eigenvalue weighted by Crippen LogP contribution is -2.72. The van der Waals surface area contributed by atoms with Gasteiger partial charge in [0.1, 0.15) is 0 Å². The molecule has 1 rings (SSSR count). The second-order valence-corrected chi connectivity index (χ2v) is 10.6. The van der Waals surface area contributed by atoms with Gasteiger partial charge < -0.3 is 4.57 Å². The number of hydrogen-bond donors (Lipinski definition) is 4. The van der Waals surface area contributed by atoms with Gasteiger partial charge in [-0.25, -0.2) is 18.1 Å². The molecule has 0 fully saturated rings. The molecule has 118 valence electrons. The number of sulfonamides is 1. The molecule has 0 amide bonds. The maximum absolute atomic E-state index is 12.2. The predicted molar refractivity (Wildman–Crippen MR) is 85.4 cm³/mol. The van der Waals surface area contributed by atoms with Crippen molar-refractivity contribution in [3.8, 4) is 0 Å². The number of guanidine groups is 1. The van der Waals surface area contributed by atoms with Crippen LogP contribution >= 0.6 is 7.14 Å². The van der Waals surface area contributed by atoms with Crippen LogP contribution in [0.1, 0.15) is 5.56 Å². The lowest BCUT2D eigenvalue weighted by atomic mass is 10.1. The van der Waals surface area contributed by atoms with E-state index in [1.807, 2.05) is 0 Å². The Hall–Kier alpha value is -1.37. The van der Waals surface area contributed by atoms with Gasteiger partial charge in [-0.2, -0.15) is 0 Å². The van der Waals surface area contributed by atoms with Crippen molar-refractivity contribution in [1.82, 2.24) is 4.72 Å². The zero-order chi connectivity index (χ0) is 16.3. The number of benzene rings is 1. The highest BCUT2D eigenvalue weighted by atomic mass is 32.2. The van der Waals surface area contributed by atoms with Crippen LogP contribution < -0.4 is 21.2 Å². The van der Waals surface area contributed by atoms with Gasteiger partial charge in [0.25, 0.3) is 0 Å². The largest absolute Gasteiger partial charge is 0.343 e. The van der Waals surface area contributed by atoms with Gasteiger partial charge in [-0.3, -0.25) is 11.5 Å². The summed E-state index contributed by atoms with van der Waals surface area (Å²) in [7, 11) is -6.04. The second kappa shape index (κ2) is 6.60. The van der Waals surface area contributed by atoms with E-state index in [2.05, 4.69) is 9.71 Å². The average molecular weight is 333 g/mol. The quantitative estimate of drug-likeness (QED) is 0.292. The van der Waals surface area contributed by atoms with Gasteiger partial charge in [0.2, 0.25) is 10.0 Å². The van der Waals surface area contributed by atoms with Crippen LogP contribution in [0, 0.1) is 0 Å². The topological polar surface area (TPSA) is 129 Å². The Morgan fingerprint density at radius 3 is 2.19 bits per heavy atom. The molecule has 0 aliphatic heterocycles. The van der Waals surface area contributed by atoms with Crippen molar-refractivity contribution in [1.29, 1.82) is 0 Å². The Labute approximate surface area is 125 Å². The highest BCUT2D eigenvalue weighted by Gasteiger charge is 2.26. The highest BCUT2D eigenvalue weighted by molar-refractivity contribution is 7.89. The molecule has 0 saturated carbocycles. The average Bonchev–Trinajstić information content (AvgIpc) is 2.27. The lowest BCUT2D eigenvalue weighted by molar-refractivity contribution is -0.356. The molecule has 0 radical (unpaired) electrons. The molecule has 1 unspecified atom stereocenters. The molecule has 0 aromatic heterocycles. The van der Waals surface area contributed by atoms with Crippen LogP contribution in [0.4, 0.5) is 5.69 Å². The standard InChI is InChI=1S/C12H21N4O3PS/c1-20(2,17)11(16-21(3,18)19)8-9-4-6-10(7-5-9)15-12(13)14/h4-7,11,16H,8H2,1-3H3,(H4,13,14,15)/p+1. The monoisotopic (exact) mass is 333 g/mol. The van der Waals surface area contributed by atoms with Crippen LogP contribution in [0.3, 0.4) is 0 Å². The molecule has 1 atom stereocenters. The van der Waals surface area contributed by atoms with E-state index in [1.54, 1.807) is 37.6 Å². The van der Waals surface area contributed by atoms with E-state index in [-0.39, 0.29) is 5.96 Å². The molecule has 0 heterocycles. The Morgan fingerprint density at radius 2 is 1.81 bits per heavy atom. The fourth-order valence-electron chi connectivity index (χ4n) is 1.75. The zero-order valence-corrected chi connectivity index (χ0v) is 14.0. The third-order valence-corrected chi connectivity index (χ3v) is 5.47. The van der Waals surface area contributed by atoms with Crippen LogP contribution in [0.25, 0.3) is 0 Å². The normalized spacial score (nSPS) is 13.7. The summed E-state index contributed by atoms with van der Waals surface area (Å²) in [5.41, 5.74) is 12.3.